The van der Waals surface area contributed by atoms with Crippen molar-refractivity contribution < 1.29 is 13.7 Å². The number of aromatic nitrogens is 2. The van der Waals surface area contributed by atoms with Gasteiger partial charge in [0.15, 0.2) is 0 Å². The molecule has 1 aromatic carbocycles. The fourth-order valence-corrected chi connectivity index (χ4v) is 1.78. The summed E-state index contributed by atoms with van der Waals surface area (Å²) in [5.74, 6) is 0.587. The number of benzene rings is 1. The lowest BCUT2D eigenvalue weighted by atomic mass is 9.99. The van der Waals surface area contributed by atoms with Crippen molar-refractivity contribution in [2.75, 3.05) is 13.2 Å². The first kappa shape index (κ1) is 11.3. The van der Waals surface area contributed by atoms with Gasteiger partial charge in [-0.15, -0.1) is 0 Å². The van der Waals surface area contributed by atoms with Gasteiger partial charge in [-0.3, -0.25) is 0 Å². The van der Waals surface area contributed by atoms with E-state index in [9.17, 15) is 4.39 Å². The van der Waals surface area contributed by atoms with Crippen LogP contribution in [-0.4, -0.2) is 23.4 Å². The number of hydrogen-bond acceptors (Lipinski definition) is 5. The summed E-state index contributed by atoms with van der Waals surface area (Å²) in [4.78, 5) is 4.20. The van der Waals surface area contributed by atoms with Crippen LogP contribution in [0.5, 0.6) is 0 Å². The van der Waals surface area contributed by atoms with Gasteiger partial charge >= 0.3 is 0 Å². The van der Waals surface area contributed by atoms with E-state index in [1.165, 1.54) is 12.1 Å². The lowest BCUT2D eigenvalue weighted by Gasteiger charge is -2.28. The maximum atomic E-state index is 13.1. The molecule has 0 amide bonds. The molecule has 1 aliphatic rings. The first-order valence-electron chi connectivity index (χ1n) is 5.67. The fraction of sp³-hybridized carbons (Fsp3) is 0.333. The summed E-state index contributed by atoms with van der Waals surface area (Å²) in [7, 11) is 0. The molecule has 0 spiro atoms. The minimum Gasteiger partial charge on any atom is -0.381 e. The van der Waals surface area contributed by atoms with Gasteiger partial charge in [-0.2, -0.15) is 4.98 Å². The van der Waals surface area contributed by atoms with Crippen LogP contribution in [0.2, 0.25) is 0 Å². The van der Waals surface area contributed by atoms with Gasteiger partial charge in [-0.05, 0) is 12.1 Å². The highest BCUT2D eigenvalue weighted by atomic mass is 19.1. The Hall–Kier alpha value is -1.79. The highest BCUT2D eigenvalue weighted by molar-refractivity contribution is 5.53. The van der Waals surface area contributed by atoms with E-state index in [0.717, 1.165) is 0 Å². The van der Waals surface area contributed by atoms with Gasteiger partial charge in [0, 0.05) is 11.5 Å². The molecule has 0 saturated carbocycles. The summed E-state index contributed by atoms with van der Waals surface area (Å²) in [5.41, 5.74) is 6.54. The summed E-state index contributed by atoms with van der Waals surface area (Å²) < 4.78 is 23.3. The number of nitrogens with zero attached hydrogens (tertiary/aromatic N) is 2. The average Bonchev–Trinajstić information content (AvgIpc) is 2.75. The Morgan fingerprint density at radius 1 is 1.39 bits per heavy atom. The standard InChI is InChI=1S/C12H12FN3O2/c13-9-3-1-2-7(4-9)11-15-12(18-16-11)10(14)8-5-17-6-8/h1-4,8,10H,5-6,14H2. The van der Waals surface area contributed by atoms with Gasteiger partial charge in [0.25, 0.3) is 0 Å². The molecule has 94 valence electrons. The van der Waals surface area contributed by atoms with Gasteiger partial charge < -0.3 is 15.0 Å². The molecule has 18 heavy (non-hydrogen) atoms. The zero-order chi connectivity index (χ0) is 12.5. The average molecular weight is 249 g/mol. The molecule has 1 aromatic heterocycles. The first-order valence-corrected chi connectivity index (χ1v) is 5.67. The number of hydrogen-bond donors (Lipinski definition) is 1. The van der Waals surface area contributed by atoms with Gasteiger partial charge in [0.05, 0.1) is 19.3 Å². The van der Waals surface area contributed by atoms with E-state index in [4.69, 9.17) is 15.0 Å². The zero-order valence-corrected chi connectivity index (χ0v) is 9.54. The van der Waals surface area contributed by atoms with Gasteiger partial charge in [0.2, 0.25) is 11.7 Å². The maximum Gasteiger partial charge on any atom is 0.244 e. The Labute approximate surface area is 103 Å². The maximum absolute atomic E-state index is 13.1. The van der Waals surface area contributed by atoms with Crippen LogP contribution in [0.25, 0.3) is 11.4 Å². The summed E-state index contributed by atoms with van der Waals surface area (Å²) in [5, 5.41) is 3.82. The zero-order valence-electron chi connectivity index (χ0n) is 9.54. The third-order valence-corrected chi connectivity index (χ3v) is 2.98. The second-order valence-electron chi connectivity index (χ2n) is 4.29. The molecule has 3 rings (SSSR count). The first-order chi connectivity index (χ1) is 8.74. The minimum absolute atomic E-state index is 0.214. The quantitative estimate of drug-likeness (QED) is 0.892. The fourth-order valence-electron chi connectivity index (χ4n) is 1.78. The van der Waals surface area contributed by atoms with Crippen molar-refractivity contribution in [1.82, 2.24) is 10.1 Å². The van der Waals surface area contributed by atoms with Gasteiger partial charge in [-0.25, -0.2) is 4.39 Å². The Balaban J connectivity index is 1.84. The molecule has 0 aliphatic carbocycles. The van der Waals surface area contributed by atoms with Crippen molar-refractivity contribution in [3.05, 3.63) is 36.0 Å². The van der Waals surface area contributed by atoms with Gasteiger partial charge in [0.1, 0.15) is 5.82 Å². The van der Waals surface area contributed by atoms with Crippen molar-refractivity contribution in [2.45, 2.75) is 6.04 Å². The number of rotatable bonds is 3. The predicted octanol–water partition coefficient (Wildman–Crippen LogP) is 1.52. The molecule has 0 radical (unpaired) electrons. The van der Waals surface area contributed by atoms with Crippen LogP contribution in [0.15, 0.2) is 28.8 Å². The minimum atomic E-state index is -0.337. The monoisotopic (exact) mass is 249 g/mol. The van der Waals surface area contributed by atoms with Crippen LogP contribution in [0.3, 0.4) is 0 Å². The van der Waals surface area contributed by atoms with Crippen LogP contribution in [-0.2, 0) is 4.74 Å². The SMILES string of the molecule is NC(c1nc(-c2cccc(F)c2)no1)C1COC1. The van der Waals surface area contributed by atoms with Crippen LogP contribution >= 0.6 is 0 Å². The van der Waals surface area contributed by atoms with E-state index in [2.05, 4.69) is 10.1 Å². The second-order valence-corrected chi connectivity index (χ2v) is 4.29. The predicted molar refractivity (Wildman–Crippen MR) is 60.9 cm³/mol. The second kappa shape index (κ2) is 4.47. The van der Waals surface area contributed by atoms with Crippen molar-refractivity contribution in [2.24, 2.45) is 11.7 Å². The third kappa shape index (κ3) is 2.00. The highest BCUT2D eigenvalue weighted by Crippen LogP contribution is 2.26. The summed E-state index contributed by atoms with van der Waals surface area (Å²) in [6.45, 7) is 1.22. The van der Waals surface area contributed by atoms with Crippen molar-refractivity contribution >= 4 is 0 Å². The molecule has 1 unspecified atom stereocenters. The van der Waals surface area contributed by atoms with Crippen LogP contribution < -0.4 is 5.73 Å². The third-order valence-electron chi connectivity index (χ3n) is 2.98. The molecular formula is C12H12FN3O2. The molecular weight excluding hydrogens is 237 g/mol. The Morgan fingerprint density at radius 2 is 2.22 bits per heavy atom. The number of halogens is 1. The van der Waals surface area contributed by atoms with E-state index in [1.807, 2.05) is 0 Å². The molecule has 0 bridgehead atoms. The topological polar surface area (TPSA) is 74.2 Å². The van der Waals surface area contributed by atoms with Crippen LogP contribution in [0.4, 0.5) is 4.39 Å². The number of ether oxygens (including phenoxy) is 1. The lowest BCUT2D eigenvalue weighted by molar-refractivity contribution is -0.0484. The summed E-state index contributed by atoms with van der Waals surface area (Å²) in [6, 6.07) is 5.71. The Bertz CT molecular complexity index is 554. The molecule has 1 fully saturated rings. The van der Waals surface area contributed by atoms with E-state index in [-0.39, 0.29) is 17.8 Å². The van der Waals surface area contributed by atoms with E-state index in [0.29, 0.717) is 30.5 Å². The molecule has 1 atom stereocenters. The smallest absolute Gasteiger partial charge is 0.244 e. The normalized spacial score (nSPS) is 17.4. The molecule has 1 saturated heterocycles. The highest BCUT2D eigenvalue weighted by Gasteiger charge is 2.30. The molecule has 2 aromatic rings. The molecule has 2 N–H and O–H groups in total. The summed E-state index contributed by atoms with van der Waals surface area (Å²) in [6.07, 6.45) is 0. The molecule has 2 heterocycles. The lowest BCUT2D eigenvalue weighted by Crippen LogP contribution is -2.37. The molecule has 6 heteroatoms. The number of nitrogens with two attached hydrogens (primary N) is 1. The van der Waals surface area contributed by atoms with Crippen LogP contribution in [0.1, 0.15) is 11.9 Å². The van der Waals surface area contributed by atoms with E-state index < -0.39 is 0 Å². The van der Waals surface area contributed by atoms with Crippen molar-refractivity contribution in [3.8, 4) is 11.4 Å². The van der Waals surface area contributed by atoms with E-state index in [1.54, 1.807) is 12.1 Å². The summed E-state index contributed by atoms with van der Waals surface area (Å²) >= 11 is 0. The van der Waals surface area contributed by atoms with Gasteiger partial charge in [-0.1, -0.05) is 17.3 Å². The molecule has 1 aliphatic heterocycles. The van der Waals surface area contributed by atoms with Crippen molar-refractivity contribution in [1.29, 1.82) is 0 Å². The van der Waals surface area contributed by atoms with Crippen molar-refractivity contribution in [3.63, 3.8) is 0 Å². The Morgan fingerprint density at radius 3 is 2.89 bits per heavy atom. The van der Waals surface area contributed by atoms with Crippen LogP contribution in [0, 0.1) is 11.7 Å². The largest absolute Gasteiger partial charge is 0.381 e. The van der Waals surface area contributed by atoms with E-state index >= 15 is 0 Å². The Kier molecular flexibility index (Phi) is 2.81. The molecule has 5 nitrogen and oxygen atoms in total.